The number of carbonyl (C=O) groups is 1. The van der Waals surface area contributed by atoms with E-state index in [0.29, 0.717) is 31.9 Å². The van der Waals surface area contributed by atoms with Crippen molar-refractivity contribution in [1.82, 2.24) is 5.43 Å². The summed E-state index contributed by atoms with van der Waals surface area (Å²) in [7, 11) is -4.04. The molecule has 0 saturated carbocycles. The van der Waals surface area contributed by atoms with Gasteiger partial charge in [0, 0.05) is 10.6 Å². The third kappa shape index (κ3) is 5.61. The number of hydrogen-bond acceptors (Lipinski definition) is 4. The van der Waals surface area contributed by atoms with Crippen molar-refractivity contribution in [2.45, 2.75) is 11.8 Å². The molecule has 0 heterocycles. The molecule has 0 radical (unpaired) electrons. The van der Waals surface area contributed by atoms with Crippen molar-refractivity contribution >= 4 is 62.6 Å². The second-order valence-corrected chi connectivity index (χ2v) is 9.80. The highest BCUT2D eigenvalue weighted by Gasteiger charge is 2.28. The van der Waals surface area contributed by atoms with Crippen LogP contribution < -0.4 is 9.73 Å². The van der Waals surface area contributed by atoms with Gasteiger partial charge in [0.2, 0.25) is 0 Å². The number of benzene rings is 3. The van der Waals surface area contributed by atoms with Crippen molar-refractivity contribution in [2.24, 2.45) is 5.10 Å². The van der Waals surface area contributed by atoms with Crippen LogP contribution in [0.4, 0.5) is 5.69 Å². The first-order chi connectivity index (χ1) is 15.2. The number of nitrogens with one attached hydrogen (secondary N) is 1. The molecule has 0 saturated heterocycles. The van der Waals surface area contributed by atoms with E-state index in [1.807, 2.05) is 0 Å². The van der Waals surface area contributed by atoms with Gasteiger partial charge in [0.15, 0.2) is 0 Å². The number of halogens is 3. The van der Waals surface area contributed by atoms with Gasteiger partial charge in [-0.2, -0.15) is 5.10 Å². The minimum atomic E-state index is -4.04. The SMILES string of the molecule is Cc1cc(Cl)ccc1N(CC(=O)N/N=C\c1c(Cl)cccc1Cl)S(=O)(=O)c1ccccc1. The van der Waals surface area contributed by atoms with E-state index in [4.69, 9.17) is 34.8 Å². The lowest BCUT2D eigenvalue weighted by Crippen LogP contribution is -2.40. The van der Waals surface area contributed by atoms with Crippen LogP contribution in [0.25, 0.3) is 0 Å². The maximum atomic E-state index is 13.3. The van der Waals surface area contributed by atoms with Gasteiger partial charge in [0.1, 0.15) is 6.54 Å². The lowest BCUT2D eigenvalue weighted by molar-refractivity contribution is -0.119. The summed E-state index contributed by atoms with van der Waals surface area (Å²) in [5.41, 5.74) is 3.67. The van der Waals surface area contributed by atoms with E-state index in [2.05, 4.69) is 10.5 Å². The zero-order valence-electron chi connectivity index (χ0n) is 16.8. The molecule has 0 fully saturated rings. The Morgan fingerprint density at radius 1 is 1.00 bits per heavy atom. The van der Waals surface area contributed by atoms with E-state index < -0.39 is 22.5 Å². The predicted octanol–water partition coefficient (Wildman–Crippen LogP) is 5.30. The number of hydrogen-bond donors (Lipinski definition) is 1. The lowest BCUT2D eigenvalue weighted by atomic mass is 10.2. The van der Waals surface area contributed by atoms with Gasteiger partial charge in [-0.1, -0.05) is 59.1 Å². The number of nitrogens with zero attached hydrogens (tertiary/aromatic N) is 2. The van der Waals surface area contributed by atoms with Gasteiger partial charge in [-0.05, 0) is 55.0 Å². The van der Waals surface area contributed by atoms with Crippen LogP contribution in [0.5, 0.6) is 0 Å². The third-order valence-electron chi connectivity index (χ3n) is 4.43. The first kappa shape index (κ1) is 24.1. The second-order valence-electron chi connectivity index (χ2n) is 6.68. The third-order valence-corrected chi connectivity index (χ3v) is 7.10. The van der Waals surface area contributed by atoms with Crippen molar-refractivity contribution in [3.63, 3.8) is 0 Å². The van der Waals surface area contributed by atoms with Crippen molar-refractivity contribution in [3.05, 3.63) is 92.9 Å². The van der Waals surface area contributed by atoms with Crippen LogP contribution in [0.2, 0.25) is 15.1 Å². The minimum absolute atomic E-state index is 0.0495. The molecule has 0 bridgehead atoms. The maximum Gasteiger partial charge on any atom is 0.264 e. The van der Waals surface area contributed by atoms with Gasteiger partial charge in [0.25, 0.3) is 15.9 Å². The van der Waals surface area contributed by atoms with Crippen LogP contribution in [0.15, 0.2) is 76.7 Å². The summed E-state index contributed by atoms with van der Waals surface area (Å²) < 4.78 is 27.7. The molecule has 0 aliphatic carbocycles. The summed E-state index contributed by atoms with van der Waals surface area (Å²) in [4.78, 5) is 12.7. The fourth-order valence-corrected chi connectivity index (χ4v) is 5.11. The van der Waals surface area contributed by atoms with Gasteiger partial charge >= 0.3 is 0 Å². The van der Waals surface area contributed by atoms with Crippen LogP contribution in [0, 0.1) is 6.92 Å². The molecule has 0 aliphatic heterocycles. The molecule has 3 aromatic rings. The number of aryl methyl sites for hydroxylation is 1. The molecule has 0 spiro atoms. The Morgan fingerprint density at radius 3 is 2.28 bits per heavy atom. The molecule has 3 rings (SSSR count). The van der Waals surface area contributed by atoms with E-state index in [1.165, 1.54) is 18.3 Å². The van der Waals surface area contributed by atoms with Gasteiger partial charge in [-0.15, -0.1) is 0 Å². The molecule has 3 aromatic carbocycles. The van der Waals surface area contributed by atoms with E-state index in [0.717, 1.165) is 4.31 Å². The normalized spacial score (nSPS) is 11.5. The number of hydrazone groups is 1. The number of sulfonamides is 1. The fraction of sp³-hybridized carbons (Fsp3) is 0.0909. The average molecular weight is 511 g/mol. The Labute approximate surface area is 201 Å². The highest BCUT2D eigenvalue weighted by Crippen LogP contribution is 2.28. The predicted molar refractivity (Wildman–Crippen MR) is 129 cm³/mol. The first-order valence-electron chi connectivity index (χ1n) is 9.30. The first-order valence-corrected chi connectivity index (χ1v) is 11.9. The number of rotatable bonds is 7. The summed E-state index contributed by atoms with van der Waals surface area (Å²) in [6.45, 7) is 1.21. The van der Waals surface area contributed by atoms with Gasteiger partial charge in [-0.25, -0.2) is 13.8 Å². The smallest absolute Gasteiger partial charge is 0.264 e. The van der Waals surface area contributed by atoms with Crippen molar-refractivity contribution < 1.29 is 13.2 Å². The molecule has 0 unspecified atom stereocenters. The molecule has 0 aliphatic rings. The highest BCUT2D eigenvalue weighted by atomic mass is 35.5. The summed E-state index contributed by atoms with van der Waals surface area (Å²) >= 11 is 18.2. The van der Waals surface area contributed by atoms with Crippen molar-refractivity contribution in [2.75, 3.05) is 10.8 Å². The van der Waals surface area contributed by atoms with Crippen LogP contribution >= 0.6 is 34.8 Å². The number of amides is 1. The van der Waals surface area contributed by atoms with Crippen LogP contribution in [-0.2, 0) is 14.8 Å². The largest absolute Gasteiger partial charge is 0.271 e. The van der Waals surface area contributed by atoms with Crippen LogP contribution in [0.1, 0.15) is 11.1 Å². The zero-order chi connectivity index (χ0) is 23.3. The molecule has 166 valence electrons. The van der Waals surface area contributed by atoms with Gasteiger partial charge in [-0.3, -0.25) is 9.10 Å². The van der Waals surface area contributed by atoms with E-state index in [-0.39, 0.29) is 4.90 Å². The standard InChI is InChI=1S/C22H18Cl3N3O3S/c1-15-12-16(23)10-11-21(15)28(32(30,31)17-6-3-2-4-7-17)14-22(29)27-26-13-18-19(24)8-5-9-20(18)25/h2-13H,14H2,1H3,(H,27,29)/b26-13-. The Hall–Kier alpha value is -2.58. The summed E-state index contributed by atoms with van der Waals surface area (Å²) in [6, 6.07) is 17.5. The molecular formula is C22H18Cl3N3O3S. The maximum absolute atomic E-state index is 13.3. The summed E-state index contributed by atoms with van der Waals surface area (Å²) in [5, 5.41) is 5.04. The van der Waals surface area contributed by atoms with Crippen molar-refractivity contribution in [1.29, 1.82) is 0 Å². The van der Waals surface area contributed by atoms with E-state index in [1.54, 1.807) is 61.5 Å². The monoisotopic (exact) mass is 509 g/mol. The molecule has 0 atom stereocenters. The van der Waals surface area contributed by atoms with Gasteiger partial charge in [0.05, 0.1) is 26.8 Å². The van der Waals surface area contributed by atoms with E-state index in [9.17, 15) is 13.2 Å². The second kappa shape index (κ2) is 10.4. The Kier molecular flexibility index (Phi) is 7.79. The average Bonchev–Trinajstić information content (AvgIpc) is 2.75. The van der Waals surface area contributed by atoms with Crippen LogP contribution in [-0.4, -0.2) is 27.1 Å². The molecular weight excluding hydrogens is 493 g/mol. The minimum Gasteiger partial charge on any atom is -0.271 e. The summed E-state index contributed by atoms with van der Waals surface area (Å²) in [6.07, 6.45) is 1.30. The Morgan fingerprint density at radius 2 is 1.66 bits per heavy atom. The number of anilines is 1. The molecule has 6 nitrogen and oxygen atoms in total. The highest BCUT2D eigenvalue weighted by molar-refractivity contribution is 7.92. The van der Waals surface area contributed by atoms with E-state index >= 15 is 0 Å². The zero-order valence-corrected chi connectivity index (χ0v) is 19.9. The Balaban J connectivity index is 1.89. The van der Waals surface area contributed by atoms with Crippen molar-refractivity contribution in [3.8, 4) is 0 Å². The molecule has 10 heteroatoms. The quantitative estimate of drug-likeness (QED) is 0.346. The fourth-order valence-electron chi connectivity index (χ4n) is 2.89. The lowest BCUT2D eigenvalue weighted by Gasteiger charge is -2.25. The van der Waals surface area contributed by atoms with Gasteiger partial charge < -0.3 is 0 Å². The summed E-state index contributed by atoms with van der Waals surface area (Å²) in [5.74, 6) is -0.654. The molecule has 1 amide bonds. The molecule has 1 N–H and O–H groups in total. The van der Waals surface area contributed by atoms with Crippen LogP contribution in [0.3, 0.4) is 0 Å². The number of carbonyl (C=O) groups excluding carboxylic acids is 1. The topological polar surface area (TPSA) is 78.8 Å². The molecule has 0 aromatic heterocycles. The Bertz CT molecular complexity index is 1250. The molecule has 32 heavy (non-hydrogen) atoms.